The minimum Gasteiger partial charge on any atom is -0.481 e. The molecule has 1 heterocycles. The van der Waals surface area contributed by atoms with Gasteiger partial charge in [0, 0.05) is 5.75 Å². The summed E-state index contributed by atoms with van der Waals surface area (Å²) in [6, 6.07) is 0. The van der Waals surface area contributed by atoms with Crippen molar-refractivity contribution in [3.05, 3.63) is 11.5 Å². The van der Waals surface area contributed by atoms with Crippen LogP contribution in [0.5, 0.6) is 0 Å². The highest BCUT2D eigenvalue weighted by Gasteiger charge is 2.06. The largest absolute Gasteiger partial charge is 0.481 e. The van der Waals surface area contributed by atoms with Gasteiger partial charge in [-0.05, 0) is 13.8 Å². The Morgan fingerprint density at radius 3 is 2.77 bits per heavy atom. The van der Waals surface area contributed by atoms with Crippen LogP contribution < -0.4 is 0 Å². The summed E-state index contributed by atoms with van der Waals surface area (Å²) in [6.45, 7) is 3.70. The fourth-order valence-electron chi connectivity index (χ4n) is 0.731. The third-order valence-electron chi connectivity index (χ3n) is 1.55. The lowest BCUT2D eigenvalue weighted by atomic mass is 10.4. The highest BCUT2D eigenvalue weighted by Crippen LogP contribution is 2.20. The number of aliphatic carboxylic acids is 1. The number of thioether (sulfide) groups is 1. The van der Waals surface area contributed by atoms with E-state index in [0.29, 0.717) is 11.0 Å². The first-order valence-electron chi connectivity index (χ1n) is 3.88. The van der Waals surface area contributed by atoms with Gasteiger partial charge in [-0.25, -0.2) is 4.98 Å². The van der Waals surface area contributed by atoms with Crippen LogP contribution in [0.25, 0.3) is 0 Å². The van der Waals surface area contributed by atoms with E-state index < -0.39 is 5.97 Å². The number of hydrogen-bond donors (Lipinski definition) is 1. The first kappa shape index (κ1) is 10.1. The molecule has 72 valence electrons. The van der Waals surface area contributed by atoms with Crippen molar-refractivity contribution >= 4 is 17.7 Å². The van der Waals surface area contributed by atoms with Crippen molar-refractivity contribution < 1.29 is 14.3 Å². The molecule has 0 bridgehead atoms. The number of hydrogen-bond acceptors (Lipinski definition) is 4. The fraction of sp³-hybridized carbons (Fsp3) is 0.500. The second kappa shape index (κ2) is 4.32. The average Bonchev–Trinajstić information content (AvgIpc) is 2.30. The Labute approximate surface area is 80.3 Å². The van der Waals surface area contributed by atoms with E-state index in [1.54, 1.807) is 0 Å². The summed E-state index contributed by atoms with van der Waals surface area (Å²) in [5, 5.41) is 8.94. The standard InChI is InChI=1S/C8H11NO3S/c1-5-6(2)12-8(9-5)13-4-3-7(10)11/h3-4H2,1-2H3,(H,10,11). The molecule has 1 aromatic rings. The molecule has 0 fully saturated rings. The Morgan fingerprint density at radius 2 is 2.31 bits per heavy atom. The van der Waals surface area contributed by atoms with Crippen LogP contribution in [0.2, 0.25) is 0 Å². The third-order valence-corrected chi connectivity index (χ3v) is 2.38. The van der Waals surface area contributed by atoms with Crippen LogP contribution in [0, 0.1) is 13.8 Å². The van der Waals surface area contributed by atoms with Crippen molar-refractivity contribution in [1.82, 2.24) is 4.98 Å². The Morgan fingerprint density at radius 1 is 1.62 bits per heavy atom. The molecule has 0 saturated heterocycles. The van der Waals surface area contributed by atoms with Gasteiger partial charge in [-0.1, -0.05) is 11.8 Å². The minimum atomic E-state index is -0.799. The lowest BCUT2D eigenvalue weighted by molar-refractivity contribution is -0.136. The van der Waals surface area contributed by atoms with E-state index in [2.05, 4.69) is 4.98 Å². The van der Waals surface area contributed by atoms with Gasteiger partial charge in [0.05, 0.1) is 12.1 Å². The minimum absolute atomic E-state index is 0.130. The van der Waals surface area contributed by atoms with Gasteiger partial charge in [-0.3, -0.25) is 4.79 Å². The molecule has 0 atom stereocenters. The quantitative estimate of drug-likeness (QED) is 0.753. The topological polar surface area (TPSA) is 63.3 Å². The summed E-state index contributed by atoms with van der Waals surface area (Å²) in [5.41, 5.74) is 0.859. The number of carboxylic acids is 1. The molecule has 0 unspecified atom stereocenters. The van der Waals surface area contributed by atoms with E-state index in [9.17, 15) is 4.79 Å². The van der Waals surface area contributed by atoms with Gasteiger partial charge in [0.15, 0.2) is 0 Å². The van der Waals surface area contributed by atoms with E-state index in [1.807, 2.05) is 13.8 Å². The highest BCUT2D eigenvalue weighted by atomic mass is 32.2. The summed E-state index contributed by atoms with van der Waals surface area (Å²) in [4.78, 5) is 14.3. The average molecular weight is 201 g/mol. The van der Waals surface area contributed by atoms with Gasteiger partial charge < -0.3 is 9.52 Å². The molecule has 13 heavy (non-hydrogen) atoms. The van der Waals surface area contributed by atoms with Crippen LogP contribution in [0.1, 0.15) is 17.9 Å². The summed E-state index contributed by atoms with van der Waals surface area (Å²) < 4.78 is 5.26. The van der Waals surface area contributed by atoms with Crippen LogP contribution >= 0.6 is 11.8 Å². The molecular formula is C8H11NO3S. The highest BCUT2D eigenvalue weighted by molar-refractivity contribution is 7.99. The Balaban J connectivity index is 2.41. The Bertz CT molecular complexity index is 289. The van der Waals surface area contributed by atoms with Crippen molar-refractivity contribution in [2.24, 2.45) is 0 Å². The smallest absolute Gasteiger partial charge is 0.304 e. The molecule has 0 aliphatic carbocycles. The van der Waals surface area contributed by atoms with Crippen LogP contribution in [-0.4, -0.2) is 21.8 Å². The van der Waals surface area contributed by atoms with E-state index in [0.717, 1.165) is 11.5 Å². The number of carboxylic acid groups (broad SMARTS) is 1. The normalized spacial score (nSPS) is 10.3. The van der Waals surface area contributed by atoms with Gasteiger partial charge in [-0.15, -0.1) is 0 Å². The van der Waals surface area contributed by atoms with E-state index in [4.69, 9.17) is 9.52 Å². The SMILES string of the molecule is Cc1nc(SCCC(=O)O)oc1C. The fourth-order valence-corrected chi connectivity index (χ4v) is 1.57. The lowest BCUT2D eigenvalue weighted by Crippen LogP contribution is -1.95. The number of rotatable bonds is 4. The monoisotopic (exact) mass is 201 g/mol. The number of carbonyl (C=O) groups is 1. The Kier molecular flexibility index (Phi) is 3.36. The Hall–Kier alpha value is -0.970. The van der Waals surface area contributed by atoms with Gasteiger partial charge in [0.1, 0.15) is 5.76 Å². The predicted octanol–water partition coefficient (Wildman–Crippen LogP) is 1.86. The number of aryl methyl sites for hydroxylation is 2. The van der Waals surface area contributed by atoms with Crippen molar-refractivity contribution in [3.8, 4) is 0 Å². The van der Waals surface area contributed by atoms with Crippen molar-refractivity contribution in [2.45, 2.75) is 25.5 Å². The van der Waals surface area contributed by atoms with Crippen LogP contribution in [-0.2, 0) is 4.79 Å². The van der Waals surface area contributed by atoms with Crippen LogP contribution in [0.4, 0.5) is 0 Å². The summed E-state index contributed by atoms with van der Waals surface area (Å²) >= 11 is 1.33. The molecule has 0 aliphatic heterocycles. The molecule has 1 N–H and O–H groups in total. The zero-order valence-corrected chi connectivity index (χ0v) is 8.35. The molecule has 1 aromatic heterocycles. The van der Waals surface area contributed by atoms with E-state index in [1.165, 1.54) is 11.8 Å². The van der Waals surface area contributed by atoms with Crippen molar-refractivity contribution in [3.63, 3.8) is 0 Å². The van der Waals surface area contributed by atoms with Gasteiger partial charge in [0.2, 0.25) is 0 Å². The van der Waals surface area contributed by atoms with Gasteiger partial charge in [0.25, 0.3) is 5.22 Å². The zero-order valence-electron chi connectivity index (χ0n) is 7.53. The first-order valence-corrected chi connectivity index (χ1v) is 4.87. The predicted molar refractivity (Wildman–Crippen MR) is 49.0 cm³/mol. The maximum atomic E-state index is 10.2. The maximum absolute atomic E-state index is 10.2. The summed E-state index contributed by atoms with van der Waals surface area (Å²) in [7, 11) is 0. The summed E-state index contributed by atoms with van der Waals surface area (Å²) in [6.07, 6.45) is 0.130. The second-order valence-corrected chi connectivity index (χ2v) is 3.66. The maximum Gasteiger partial charge on any atom is 0.304 e. The molecule has 5 heteroatoms. The van der Waals surface area contributed by atoms with Crippen molar-refractivity contribution in [2.75, 3.05) is 5.75 Å². The number of nitrogens with zero attached hydrogens (tertiary/aromatic N) is 1. The van der Waals surface area contributed by atoms with Gasteiger partial charge >= 0.3 is 5.97 Å². The molecule has 0 saturated carbocycles. The van der Waals surface area contributed by atoms with E-state index in [-0.39, 0.29) is 6.42 Å². The molecule has 0 spiro atoms. The molecule has 0 amide bonds. The van der Waals surface area contributed by atoms with Crippen LogP contribution in [0.15, 0.2) is 9.64 Å². The molecule has 4 nitrogen and oxygen atoms in total. The number of aromatic nitrogens is 1. The summed E-state index contributed by atoms with van der Waals surface area (Å²) in [5.74, 6) is 0.486. The number of oxazole rings is 1. The molecule has 0 aromatic carbocycles. The zero-order chi connectivity index (χ0) is 9.84. The molecule has 0 aliphatic rings. The van der Waals surface area contributed by atoms with Crippen LogP contribution in [0.3, 0.4) is 0 Å². The van der Waals surface area contributed by atoms with Crippen molar-refractivity contribution in [1.29, 1.82) is 0 Å². The first-order chi connectivity index (χ1) is 6.09. The molecule has 0 radical (unpaired) electrons. The van der Waals surface area contributed by atoms with E-state index >= 15 is 0 Å². The van der Waals surface area contributed by atoms with Gasteiger partial charge in [-0.2, -0.15) is 0 Å². The second-order valence-electron chi connectivity index (χ2n) is 2.61. The molecular weight excluding hydrogens is 190 g/mol. The molecule has 1 rings (SSSR count). The lowest BCUT2D eigenvalue weighted by Gasteiger charge is -1.91. The third kappa shape index (κ3) is 3.10.